The first-order valence-corrected chi connectivity index (χ1v) is 15.4. The normalized spacial score (nSPS) is 23.1. The molecule has 3 aromatic rings. The van der Waals surface area contributed by atoms with Crippen molar-refractivity contribution in [3.8, 4) is 5.75 Å². The Bertz CT molecular complexity index is 1750. The van der Waals surface area contributed by atoms with Crippen molar-refractivity contribution in [3.63, 3.8) is 0 Å². The third-order valence-electron chi connectivity index (χ3n) is 9.06. The maximum atomic E-state index is 14.0. The van der Waals surface area contributed by atoms with Gasteiger partial charge in [0.1, 0.15) is 5.75 Å². The fraction of sp³-hybridized carbons (Fsp3) is 0.294. The highest BCUT2D eigenvalue weighted by Crippen LogP contribution is 2.51. The smallest absolute Gasteiger partial charge is 0.455 e. The summed E-state index contributed by atoms with van der Waals surface area (Å²) >= 11 is 6.45. The standard InChI is InChI=1S/C34H32BClN2O8/c1-45-19-23-15-27-32(34(41)37(33(27)40)24-8-5-9-25(16-24)38(43)44)28-18-35(42)46-30(31(23)28)13-11-21(20-6-3-2-4-7-20)14-22-10-12-26(39)17-29(22)36/h2-10,12,14,16-17,27-28,30,32,39,42H,11,13,15,18-19H2,1H3/b21-14-/t27-,28+,30-,32-/m1/s1. The molecule has 0 radical (unpaired) electrons. The van der Waals surface area contributed by atoms with E-state index in [0.29, 0.717) is 17.9 Å². The third kappa shape index (κ3) is 6.11. The molecule has 2 N–H and O–H groups in total. The second-order valence-electron chi connectivity index (χ2n) is 11.8. The molecule has 6 rings (SSSR count). The van der Waals surface area contributed by atoms with E-state index in [0.717, 1.165) is 32.7 Å². The number of aromatic hydroxyl groups is 1. The summed E-state index contributed by atoms with van der Waals surface area (Å²) in [6, 6.07) is 20.1. The number of non-ortho nitro benzene ring substituents is 1. The van der Waals surface area contributed by atoms with E-state index in [1.165, 1.54) is 30.3 Å². The molecule has 0 bridgehead atoms. The second kappa shape index (κ2) is 13.2. The van der Waals surface area contributed by atoms with Crippen molar-refractivity contribution in [2.24, 2.45) is 17.8 Å². The van der Waals surface area contributed by atoms with Crippen LogP contribution in [-0.4, -0.2) is 53.8 Å². The summed E-state index contributed by atoms with van der Waals surface area (Å²) in [5.41, 5.74) is 4.33. The molecule has 12 heteroatoms. The molecule has 3 aliphatic rings. The molecule has 10 nitrogen and oxygen atoms in total. The molecular formula is C34H32BClN2O8. The van der Waals surface area contributed by atoms with Gasteiger partial charge in [-0.25, -0.2) is 4.90 Å². The Labute approximate surface area is 271 Å². The highest BCUT2D eigenvalue weighted by atomic mass is 35.5. The first-order chi connectivity index (χ1) is 22.2. The van der Waals surface area contributed by atoms with Gasteiger partial charge in [0.25, 0.3) is 5.69 Å². The van der Waals surface area contributed by atoms with E-state index < -0.39 is 47.7 Å². The highest BCUT2D eigenvalue weighted by Gasteiger charge is 2.57. The van der Waals surface area contributed by atoms with Crippen molar-refractivity contribution in [1.29, 1.82) is 0 Å². The first-order valence-electron chi connectivity index (χ1n) is 15.1. The highest BCUT2D eigenvalue weighted by molar-refractivity contribution is 6.43. The van der Waals surface area contributed by atoms with Crippen LogP contribution in [-0.2, 0) is 19.0 Å². The molecule has 2 saturated heterocycles. The molecule has 0 aromatic heterocycles. The van der Waals surface area contributed by atoms with E-state index in [1.807, 2.05) is 36.4 Å². The lowest BCUT2D eigenvalue weighted by molar-refractivity contribution is -0.384. The molecule has 0 unspecified atom stereocenters. The van der Waals surface area contributed by atoms with Gasteiger partial charge in [0.05, 0.1) is 40.2 Å². The average molecular weight is 643 g/mol. The first kappa shape index (κ1) is 31.7. The molecule has 4 atom stereocenters. The van der Waals surface area contributed by atoms with Crippen LogP contribution in [0.25, 0.3) is 11.6 Å². The van der Waals surface area contributed by atoms with Crippen molar-refractivity contribution in [2.75, 3.05) is 18.6 Å². The predicted molar refractivity (Wildman–Crippen MR) is 174 cm³/mol. The number of anilines is 1. The Hall–Kier alpha value is -4.29. The number of nitro groups is 1. The van der Waals surface area contributed by atoms with E-state index >= 15 is 0 Å². The van der Waals surface area contributed by atoms with Crippen molar-refractivity contribution < 1.29 is 34.0 Å². The van der Waals surface area contributed by atoms with E-state index in [2.05, 4.69) is 0 Å². The van der Waals surface area contributed by atoms with Crippen LogP contribution < -0.4 is 4.90 Å². The van der Waals surface area contributed by atoms with Crippen LogP contribution in [0.2, 0.25) is 11.3 Å². The number of ether oxygens (including phenoxy) is 1. The second-order valence-corrected chi connectivity index (χ2v) is 12.2. The number of hydrogen-bond acceptors (Lipinski definition) is 8. The summed E-state index contributed by atoms with van der Waals surface area (Å²) in [7, 11) is 0.406. The van der Waals surface area contributed by atoms with Crippen LogP contribution in [0.1, 0.15) is 30.4 Å². The number of amides is 2. The number of halogens is 1. The van der Waals surface area contributed by atoms with Gasteiger partial charge < -0.3 is 19.5 Å². The molecule has 2 fully saturated rings. The zero-order valence-corrected chi connectivity index (χ0v) is 25.8. The predicted octanol–water partition coefficient (Wildman–Crippen LogP) is 5.92. The lowest BCUT2D eigenvalue weighted by Crippen LogP contribution is -2.46. The van der Waals surface area contributed by atoms with Crippen LogP contribution in [0.4, 0.5) is 11.4 Å². The number of rotatable bonds is 9. The SMILES string of the molecule is COCC1=C2[C@@H](CC/C(=C/c3ccc(O)cc3Cl)c3ccccc3)OB(O)C[C@@H]2[C@@H]2C(=O)N(c3cccc([N+](=O)[O-])c3)C(=O)[C@@H]2C1. The minimum Gasteiger partial charge on any atom is -0.508 e. The number of carbonyl (C=O) groups excluding carboxylic acids is 2. The van der Waals surface area contributed by atoms with E-state index in [9.17, 15) is 29.8 Å². The van der Waals surface area contributed by atoms with Gasteiger partial charge in [-0.1, -0.05) is 48.0 Å². The van der Waals surface area contributed by atoms with Gasteiger partial charge in [0.2, 0.25) is 11.8 Å². The minimum atomic E-state index is -1.16. The fourth-order valence-corrected chi connectivity index (χ4v) is 7.36. The topological polar surface area (TPSA) is 139 Å². The van der Waals surface area contributed by atoms with E-state index in [-0.39, 0.29) is 36.5 Å². The van der Waals surface area contributed by atoms with Crippen LogP contribution in [0.5, 0.6) is 5.75 Å². The Balaban J connectivity index is 1.33. The van der Waals surface area contributed by atoms with Crippen molar-refractivity contribution in [2.45, 2.75) is 31.7 Å². The van der Waals surface area contributed by atoms with Crippen molar-refractivity contribution in [1.82, 2.24) is 0 Å². The molecule has 2 aliphatic heterocycles. The molecule has 1 aliphatic carbocycles. The summed E-state index contributed by atoms with van der Waals surface area (Å²) in [4.78, 5) is 39.7. The fourth-order valence-electron chi connectivity index (χ4n) is 7.13. The number of nitro benzene ring substituents is 1. The Morgan fingerprint density at radius 1 is 1.11 bits per heavy atom. The van der Waals surface area contributed by atoms with Gasteiger partial charge in [0.15, 0.2) is 0 Å². The summed E-state index contributed by atoms with van der Waals surface area (Å²) in [5.74, 6) is -2.70. The minimum absolute atomic E-state index is 0.0660. The lowest BCUT2D eigenvalue weighted by Gasteiger charge is -2.43. The Morgan fingerprint density at radius 2 is 1.89 bits per heavy atom. The summed E-state index contributed by atoms with van der Waals surface area (Å²) < 4.78 is 11.7. The quantitative estimate of drug-likeness (QED) is 0.0732. The molecule has 2 amide bonds. The molecule has 0 spiro atoms. The van der Waals surface area contributed by atoms with Crippen LogP contribution >= 0.6 is 11.6 Å². The van der Waals surface area contributed by atoms with Crippen LogP contribution in [0, 0.1) is 27.9 Å². The number of allylic oxidation sites excluding steroid dienone is 1. The molecule has 46 heavy (non-hydrogen) atoms. The van der Waals surface area contributed by atoms with Crippen molar-refractivity contribution >= 4 is 53.6 Å². The molecule has 0 saturated carbocycles. The lowest BCUT2D eigenvalue weighted by atomic mass is 9.58. The number of phenols is 1. The number of carbonyl (C=O) groups is 2. The van der Waals surface area contributed by atoms with Gasteiger partial charge in [-0.3, -0.25) is 19.7 Å². The van der Waals surface area contributed by atoms with E-state index in [4.69, 9.17) is 21.0 Å². The number of nitrogens with zero attached hydrogens (tertiary/aromatic N) is 2. The molecule has 3 aromatic carbocycles. The van der Waals surface area contributed by atoms with Gasteiger partial charge in [-0.2, -0.15) is 0 Å². The van der Waals surface area contributed by atoms with Gasteiger partial charge >= 0.3 is 7.12 Å². The summed E-state index contributed by atoms with van der Waals surface area (Å²) in [5, 5.41) is 32.6. The number of fused-ring (bicyclic) bond motifs is 3. The number of benzene rings is 3. The number of hydrogen-bond donors (Lipinski definition) is 2. The van der Waals surface area contributed by atoms with Gasteiger partial charge in [-0.15, -0.1) is 0 Å². The molecule has 236 valence electrons. The summed E-state index contributed by atoms with van der Waals surface area (Å²) in [6.45, 7) is 0.230. The molecule has 2 heterocycles. The van der Waals surface area contributed by atoms with E-state index in [1.54, 1.807) is 19.2 Å². The van der Waals surface area contributed by atoms with Crippen LogP contribution in [0.3, 0.4) is 0 Å². The summed E-state index contributed by atoms with van der Waals surface area (Å²) in [6.07, 6.45) is 2.80. The van der Waals surface area contributed by atoms with Crippen molar-refractivity contribution in [3.05, 3.63) is 110 Å². The van der Waals surface area contributed by atoms with Crippen LogP contribution in [0.15, 0.2) is 83.9 Å². The number of imide groups is 1. The Morgan fingerprint density at radius 3 is 2.61 bits per heavy atom. The largest absolute Gasteiger partial charge is 0.508 e. The number of phenolic OH excluding ortho intramolecular Hbond substituents is 1. The van der Waals surface area contributed by atoms with Gasteiger partial charge in [0, 0.05) is 19.2 Å². The zero-order chi connectivity index (χ0) is 32.5. The maximum absolute atomic E-state index is 14.0. The third-order valence-corrected chi connectivity index (χ3v) is 9.39. The van der Waals surface area contributed by atoms with Gasteiger partial charge in [-0.05, 0) is 89.7 Å². The molecular weight excluding hydrogens is 611 g/mol. The average Bonchev–Trinajstić information content (AvgIpc) is 3.29. The maximum Gasteiger partial charge on any atom is 0.455 e. The number of methoxy groups -OCH3 is 1. The monoisotopic (exact) mass is 642 g/mol. The zero-order valence-electron chi connectivity index (χ0n) is 25.0. The Kier molecular flexibility index (Phi) is 9.10.